The third kappa shape index (κ3) is 7.64. The third-order valence-corrected chi connectivity index (χ3v) is 9.34. The molecule has 0 amide bonds. The SMILES string of the molecule is CO[C@@H]1[C@H](N)[C@@H](COP(O)(=S)OP(=O)(O)OC2OC([C@@H](O)CO)C(O)C(O)C2O)O[C@H]1n1ccc(=O)[nH]c1=O. The molecule has 19 nitrogen and oxygen atoms in total. The Balaban J connectivity index is 1.65. The van der Waals surface area contributed by atoms with Crippen LogP contribution in [0.25, 0.3) is 0 Å². The quantitative estimate of drug-likeness (QED) is 0.104. The lowest BCUT2D eigenvalue weighted by molar-refractivity contribution is -0.292. The van der Waals surface area contributed by atoms with Gasteiger partial charge in [-0.05, 0) is 11.8 Å². The predicted molar refractivity (Wildman–Crippen MR) is 128 cm³/mol. The van der Waals surface area contributed by atoms with Gasteiger partial charge in [-0.15, -0.1) is 0 Å². The van der Waals surface area contributed by atoms with Crippen LogP contribution in [0.2, 0.25) is 0 Å². The molecule has 3 rings (SSSR count). The van der Waals surface area contributed by atoms with Gasteiger partial charge in [-0.1, -0.05) is 0 Å². The van der Waals surface area contributed by atoms with E-state index in [9.17, 15) is 44.4 Å². The first kappa shape index (κ1) is 32.5. The molecule has 0 bridgehead atoms. The van der Waals surface area contributed by atoms with Crippen molar-refractivity contribution in [2.24, 2.45) is 5.73 Å². The smallest absolute Gasteiger partial charge is 0.394 e. The van der Waals surface area contributed by atoms with Crippen molar-refractivity contribution in [3.8, 4) is 0 Å². The number of aliphatic hydroxyl groups excluding tert-OH is 5. The van der Waals surface area contributed by atoms with Crippen LogP contribution in [-0.2, 0) is 43.9 Å². The number of nitrogens with zero attached hydrogens (tertiary/aromatic N) is 1. The highest BCUT2D eigenvalue weighted by Gasteiger charge is 2.50. The third-order valence-electron chi connectivity index (χ3n) is 5.82. The molecule has 1 aromatic heterocycles. The molecule has 224 valence electrons. The maximum Gasteiger partial charge on any atom is 0.481 e. The average Bonchev–Trinajstić information content (AvgIpc) is 3.16. The van der Waals surface area contributed by atoms with Gasteiger partial charge >= 0.3 is 20.2 Å². The zero-order chi connectivity index (χ0) is 29.3. The molecule has 22 heteroatoms. The number of aliphatic hydroxyl groups is 5. The van der Waals surface area contributed by atoms with E-state index in [0.29, 0.717) is 0 Å². The Labute approximate surface area is 224 Å². The van der Waals surface area contributed by atoms with E-state index in [-0.39, 0.29) is 0 Å². The Kier molecular flexibility index (Phi) is 10.7. The number of phosphoric ester groups is 1. The van der Waals surface area contributed by atoms with Gasteiger partial charge in [0, 0.05) is 19.4 Å². The normalized spacial score (nSPS) is 37.2. The number of ether oxygens (including phenoxy) is 3. The first-order valence-electron chi connectivity index (χ1n) is 11.0. The summed E-state index contributed by atoms with van der Waals surface area (Å²) in [6.45, 7) is -6.20. The van der Waals surface area contributed by atoms with Crippen molar-refractivity contribution in [3.63, 3.8) is 0 Å². The molecule has 2 aliphatic rings. The second kappa shape index (κ2) is 12.9. The van der Waals surface area contributed by atoms with E-state index in [0.717, 1.165) is 16.8 Å². The highest BCUT2D eigenvalue weighted by atomic mass is 32.5. The number of rotatable bonds is 11. The molecule has 39 heavy (non-hydrogen) atoms. The van der Waals surface area contributed by atoms with Crippen molar-refractivity contribution in [2.45, 2.75) is 61.3 Å². The minimum atomic E-state index is -5.42. The number of nitrogens with two attached hydrogens (primary N) is 1. The van der Waals surface area contributed by atoms with Gasteiger partial charge in [0.25, 0.3) is 5.56 Å². The van der Waals surface area contributed by atoms with Crippen molar-refractivity contribution >= 4 is 26.3 Å². The molecule has 2 fully saturated rings. The number of H-pyrrole nitrogens is 1. The number of aromatic amines is 1. The van der Waals surface area contributed by atoms with E-state index < -0.39 is 100 Å². The summed E-state index contributed by atoms with van der Waals surface area (Å²) >= 11 is 4.72. The molecule has 0 saturated carbocycles. The first-order valence-corrected chi connectivity index (χ1v) is 15.1. The Morgan fingerprint density at radius 2 is 1.87 bits per heavy atom. The van der Waals surface area contributed by atoms with Crippen LogP contribution in [0.4, 0.5) is 0 Å². The molecule has 2 saturated heterocycles. The highest BCUT2D eigenvalue weighted by molar-refractivity contribution is 8.08. The summed E-state index contributed by atoms with van der Waals surface area (Å²) in [5, 5.41) is 48.7. The monoisotopic (exact) mass is 625 g/mol. The molecule has 0 aliphatic carbocycles. The van der Waals surface area contributed by atoms with Gasteiger partial charge in [0.1, 0.15) is 42.7 Å². The fraction of sp³-hybridized carbons (Fsp3) is 0.765. The molecule has 7 unspecified atom stereocenters. The lowest BCUT2D eigenvalue weighted by Gasteiger charge is -2.41. The van der Waals surface area contributed by atoms with Crippen molar-refractivity contribution in [1.29, 1.82) is 0 Å². The minimum Gasteiger partial charge on any atom is -0.394 e. The molecular formula is C17H29N3O16P2S. The van der Waals surface area contributed by atoms with Crippen LogP contribution < -0.4 is 17.0 Å². The number of hydrogen-bond acceptors (Lipinski definition) is 16. The predicted octanol–water partition coefficient (Wildman–Crippen LogP) is -4.70. The summed E-state index contributed by atoms with van der Waals surface area (Å²) in [4.78, 5) is 45.9. The molecule has 2 aliphatic heterocycles. The van der Waals surface area contributed by atoms with Gasteiger partial charge in [0.05, 0.1) is 19.3 Å². The Morgan fingerprint density at radius 3 is 2.46 bits per heavy atom. The topological polar surface area (TPSA) is 295 Å². The number of hydrogen-bond donors (Lipinski definition) is 9. The summed E-state index contributed by atoms with van der Waals surface area (Å²) in [6.07, 6.45) is -13.8. The molecule has 3 heterocycles. The Morgan fingerprint density at radius 1 is 1.21 bits per heavy atom. The number of phosphoric acid groups is 1. The molecule has 1 aromatic rings. The van der Waals surface area contributed by atoms with Crippen LogP contribution in [0.15, 0.2) is 21.9 Å². The fourth-order valence-corrected chi connectivity index (χ4v) is 6.98. The van der Waals surface area contributed by atoms with E-state index in [2.05, 4.69) is 8.83 Å². The zero-order valence-corrected chi connectivity index (χ0v) is 22.6. The van der Waals surface area contributed by atoms with Gasteiger partial charge in [0.2, 0.25) is 0 Å². The first-order chi connectivity index (χ1) is 18.1. The Hall–Kier alpha value is -1.00. The molecule has 0 radical (unpaired) electrons. The van der Waals surface area contributed by atoms with Gasteiger partial charge in [0.15, 0.2) is 12.5 Å². The van der Waals surface area contributed by atoms with E-state index in [1.807, 2.05) is 4.98 Å². The van der Waals surface area contributed by atoms with E-state index in [4.69, 9.17) is 41.4 Å². The van der Waals surface area contributed by atoms with Crippen molar-refractivity contribution in [3.05, 3.63) is 33.1 Å². The Bertz CT molecular complexity index is 1200. The maximum absolute atomic E-state index is 12.5. The molecular weight excluding hydrogens is 596 g/mol. The number of nitrogens with one attached hydrogen (secondary N) is 1. The summed E-state index contributed by atoms with van der Waals surface area (Å²) in [5.41, 5.74) is 4.62. The lowest BCUT2D eigenvalue weighted by Crippen LogP contribution is -2.61. The largest absolute Gasteiger partial charge is 0.481 e. The molecule has 0 spiro atoms. The number of methoxy groups -OCH3 is 1. The zero-order valence-electron chi connectivity index (χ0n) is 20.0. The molecule has 0 aromatic carbocycles. The van der Waals surface area contributed by atoms with Crippen molar-refractivity contribution < 1.29 is 67.5 Å². The summed E-state index contributed by atoms with van der Waals surface area (Å²) in [5.74, 6) is 0. The summed E-state index contributed by atoms with van der Waals surface area (Å²) in [6, 6.07) is 0.0754. The lowest BCUT2D eigenvalue weighted by atomic mass is 9.96. The standard InChI is InChI=1S/C17H29N3O16P2S/c1-31-14-9(18)7(33-15(14)20-3-2-8(23)19-17(20)27)5-32-38(30,39)36-37(28,29)35-16-12(26)10(24)11(25)13(34-16)6(22)4-21/h2-3,6-7,9-16,21-22,24-26H,4-5,18H2,1H3,(H,28,29)(H,30,39)(H,19,23,27)/t6-,7+,9+,10?,11?,12?,13?,14+,15+,16?,38?/m0/s1. The van der Waals surface area contributed by atoms with Gasteiger partial charge < -0.3 is 59.8 Å². The second-order valence-corrected chi connectivity index (χ2v) is 12.9. The maximum atomic E-state index is 12.5. The van der Waals surface area contributed by atoms with Crippen molar-refractivity contribution in [2.75, 3.05) is 20.3 Å². The van der Waals surface area contributed by atoms with Crippen molar-refractivity contribution in [1.82, 2.24) is 9.55 Å². The van der Waals surface area contributed by atoms with Gasteiger partial charge in [-0.3, -0.25) is 18.9 Å². The van der Waals surface area contributed by atoms with Crippen LogP contribution in [-0.4, -0.2) is 120 Å². The van der Waals surface area contributed by atoms with Crippen LogP contribution in [0.1, 0.15) is 6.23 Å². The van der Waals surface area contributed by atoms with Crippen LogP contribution in [0, 0.1) is 0 Å². The van der Waals surface area contributed by atoms with E-state index >= 15 is 0 Å². The molecule has 10 N–H and O–H groups in total. The summed E-state index contributed by atoms with van der Waals surface area (Å²) in [7, 11) is -4.15. The van der Waals surface area contributed by atoms with E-state index in [1.54, 1.807) is 0 Å². The average molecular weight is 625 g/mol. The summed E-state index contributed by atoms with van der Waals surface area (Å²) < 4.78 is 43.6. The van der Waals surface area contributed by atoms with Gasteiger partial charge in [-0.2, -0.15) is 0 Å². The fourth-order valence-electron chi connectivity index (χ4n) is 3.88. The van der Waals surface area contributed by atoms with Crippen LogP contribution >= 0.6 is 14.5 Å². The van der Waals surface area contributed by atoms with Crippen LogP contribution in [0.3, 0.4) is 0 Å². The van der Waals surface area contributed by atoms with Gasteiger partial charge in [-0.25, -0.2) is 13.7 Å². The minimum absolute atomic E-state index is 0.637. The van der Waals surface area contributed by atoms with E-state index in [1.165, 1.54) is 7.11 Å². The number of aromatic nitrogens is 2. The van der Waals surface area contributed by atoms with Crippen LogP contribution in [0.5, 0.6) is 0 Å². The molecule has 12 atom stereocenters. The highest BCUT2D eigenvalue weighted by Crippen LogP contribution is 2.61. The second-order valence-electron chi connectivity index (χ2n) is 8.47.